The number of piperidine rings is 1. The van der Waals surface area contributed by atoms with Crippen molar-refractivity contribution in [1.82, 2.24) is 9.80 Å². The molecule has 3 aliphatic rings. The van der Waals surface area contributed by atoms with E-state index < -0.39 is 5.54 Å². The van der Waals surface area contributed by atoms with Crippen LogP contribution in [-0.2, 0) is 27.3 Å². The van der Waals surface area contributed by atoms with Crippen molar-refractivity contribution >= 4 is 17.6 Å². The number of aryl methyl sites for hydroxylation is 1. The Bertz CT molecular complexity index is 829. The van der Waals surface area contributed by atoms with E-state index in [2.05, 4.69) is 41.6 Å². The van der Waals surface area contributed by atoms with Crippen molar-refractivity contribution in [2.45, 2.75) is 44.2 Å². The van der Waals surface area contributed by atoms with Gasteiger partial charge in [0.25, 0.3) is 0 Å². The van der Waals surface area contributed by atoms with Crippen LogP contribution in [0.25, 0.3) is 0 Å². The maximum atomic E-state index is 12.7. The molecule has 2 fully saturated rings. The number of anilines is 1. The van der Waals surface area contributed by atoms with Gasteiger partial charge in [-0.3, -0.25) is 14.5 Å². The molecule has 6 nitrogen and oxygen atoms in total. The maximum Gasteiger partial charge on any atom is 0.311 e. The van der Waals surface area contributed by atoms with Crippen molar-refractivity contribution in [3.05, 3.63) is 42.0 Å². The summed E-state index contributed by atoms with van der Waals surface area (Å²) in [6.45, 7) is 8.07. The number of hydrogen-bond acceptors (Lipinski definition) is 5. The number of carbonyl (C=O) groups is 2. The van der Waals surface area contributed by atoms with Crippen molar-refractivity contribution in [2.75, 3.05) is 45.2 Å². The van der Waals surface area contributed by atoms with Crippen LogP contribution in [0.5, 0.6) is 0 Å². The van der Waals surface area contributed by atoms with E-state index in [1.807, 2.05) is 4.90 Å². The second-order valence-electron chi connectivity index (χ2n) is 8.94. The summed E-state index contributed by atoms with van der Waals surface area (Å²) in [6.07, 6.45) is 5.95. The molecular formula is C24H33N3O3. The highest BCUT2D eigenvalue weighted by Gasteiger charge is 2.56. The molecule has 1 aromatic rings. The van der Waals surface area contributed by atoms with E-state index in [1.165, 1.54) is 30.3 Å². The van der Waals surface area contributed by atoms with Gasteiger partial charge in [-0.1, -0.05) is 18.2 Å². The lowest BCUT2D eigenvalue weighted by Crippen LogP contribution is -2.57. The molecule has 2 saturated heterocycles. The highest BCUT2D eigenvalue weighted by Crippen LogP contribution is 2.44. The summed E-state index contributed by atoms with van der Waals surface area (Å²) in [7, 11) is 3.58. The fraction of sp³-hybridized carbons (Fsp3) is 0.583. The minimum Gasteiger partial charge on any atom is -0.469 e. The summed E-state index contributed by atoms with van der Waals surface area (Å²) in [6, 6.07) is 6.85. The Morgan fingerprint density at radius 1 is 1.30 bits per heavy atom. The van der Waals surface area contributed by atoms with E-state index in [0.29, 0.717) is 6.54 Å². The Balaban J connectivity index is 1.47. The zero-order valence-electron chi connectivity index (χ0n) is 18.2. The van der Waals surface area contributed by atoms with Gasteiger partial charge in [-0.15, -0.1) is 6.58 Å². The highest BCUT2D eigenvalue weighted by molar-refractivity contribution is 5.89. The maximum absolute atomic E-state index is 12.7. The van der Waals surface area contributed by atoms with Gasteiger partial charge >= 0.3 is 5.97 Å². The summed E-state index contributed by atoms with van der Waals surface area (Å²) in [5.74, 6) is -0.601. The van der Waals surface area contributed by atoms with Gasteiger partial charge in [-0.05, 0) is 42.9 Å². The SMILES string of the molecule is C=CCN1C(=O)CC(C(=O)OC)C12CCN(Cc1ccc3c(c1)CCCN3C)CC2. The number of esters is 1. The number of nitrogens with zero attached hydrogens (tertiary/aromatic N) is 3. The minimum atomic E-state index is -0.437. The summed E-state index contributed by atoms with van der Waals surface area (Å²) >= 11 is 0. The average molecular weight is 412 g/mol. The first kappa shape index (κ1) is 20.9. The third-order valence-corrected chi connectivity index (χ3v) is 7.29. The quantitative estimate of drug-likeness (QED) is 0.551. The van der Waals surface area contributed by atoms with Gasteiger partial charge in [0.15, 0.2) is 0 Å². The molecule has 3 aliphatic heterocycles. The lowest BCUT2D eigenvalue weighted by atomic mass is 9.76. The Morgan fingerprint density at radius 2 is 2.07 bits per heavy atom. The molecule has 1 spiro atoms. The van der Waals surface area contributed by atoms with Crippen LogP contribution in [0, 0.1) is 5.92 Å². The molecule has 3 heterocycles. The van der Waals surface area contributed by atoms with Gasteiger partial charge in [0, 0.05) is 51.9 Å². The number of hydrogen-bond donors (Lipinski definition) is 0. The Labute approximate surface area is 179 Å². The summed E-state index contributed by atoms with van der Waals surface area (Å²) in [5.41, 5.74) is 3.70. The first-order valence-electron chi connectivity index (χ1n) is 11.0. The van der Waals surface area contributed by atoms with Crippen LogP contribution < -0.4 is 4.90 Å². The van der Waals surface area contributed by atoms with Crippen molar-refractivity contribution in [2.24, 2.45) is 5.92 Å². The third-order valence-electron chi connectivity index (χ3n) is 7.29. The lowest BCUT2D eigenvalue weighted by molar-refractivity contribution is -0.150. The fourth-order valence-electron chi connectivity index (χ4n) is 5.68. The Kier molecular flexibility index (Phi) is 5.87. The van der Waals surface area contributed by atoms with Gasteiger partial charge in [0.1, 0.15) is 0 Å². The lowest BCUT2D eigenvalue weighted by Gasteiger charge is -2.47. The summed E-state index contributed by atoms with van der Waals surface area (Å²) in [4.78, 5) is 31.8. The van der Waals surface area contributed by atoms with Crippen molar-refractivity contribution in [1.29, 1.82) is 0 Å². The molecule has 0 N–H and O–H groups in total. The van der Waals surface area contributed by atoms with E-state index in [4.69, 9.17) is 4.74 Å². The number of carbonyl (C=O) groups excluding carboxylic acids is 2. The molecule has 0 bridgehead atoms. The molecule has 0 saturated carbocycles. The standard InChI is InChI=1S/C24H33N3O3/c1-4-11-27-22(28)16-20(23(29)30-3)24(27)9-13-26(14-10-24)17-18-7-8-21-19(15-18)6-5-12-25(21)2/h4,7-8,15,20H,1,5-6,9-14,16-17H2,2-3H3. The normalized spacial score (nSPS) is 23.5. The van der Waals surface area contributed by atoms with E-state index in [9.17, 15) is 9.59 Å². The summed E-state index contributed by atoms with van der Waals surface area (Å²) in [5, 5.41) is 0. The van der Waals surface area contributed by atoms with Crippen LogP contribution >= 0.6 is 0 Å². The molecule has 0 radical (unpaired) electrons. The number of likely N-dealkylation sites (tertiary alicyclic amines) is 2. The van der Waals surface area contributed by atoms with Crippen LogP contribution in [-0.4, -0.2) is 67.6 Å². The zero-order valence-corrected chi connectivity index (χ0v) is 18.2. The van der Waals surface area contributed by atoms with Gasteiger partial charge in [0.05, 0.1) is 18.6 Å². The first-order valence-corrected chi connectivity index (χ1v) is 11.0. The largest absolute Gasteiger partial charge is 0.469 e. The molecule has 1 amide bonds. The van der Waals surface area contributed by atoms with Gasteiger partial charge in [-0.2, -0.15) is 0 Å². The van der Waals surface area contributed by atoms with E-state index >= 15 is 0 Å². The van der Waals surface area contributed by atoms with Gasteiger partial charge in [0.2, 0.25) is 5.91 Å². The van der Waals surface area contributed by atoms with Crippen LogP contribution in [0.2, 0.25) is 0 Å². The summed E-state index contributed by atoms with van der Waals surface area (Å²) < 4.78 is 5.06. The molecule has 6 heteroatoms. The monoisotopic (exact) mass is 411 g/mol. The number of ether oxygens (including phenoxy) is 1. The third kappa shape index (κ3) is 3.62. The predicted octanol–water partition coefficient (Wildman–Crippen LogP) is 2.61. The topological polar surface area (TPSA) is 53.1 Å². The molecule has 0 aromatic heterocycles. The van der Waals surface area contributed by atoms with E-state index in [0.717, 1.165) is 45.4 Å². The molecule has 0 aliphatic carbocycles. The molecule has 1 aromatic carbocycles. The molecule has 1 unspecified atom stereocenters. The molecule has 30 heavy (non-hydrogen) atoms. The van der Waals surface area contributed by atoms with Crippen molar-refractivity contribution in [3.8, 4) is 0 Å². The van der Waals surface area contributed by atoms with Crippen LogP contribution in [0.3, 0.4) is 0 Å². The molecule has 4 rings (SSSR count). The smallest absolute Gasteiger partial charge is 0.311 e. The minimum absolute atomic E-state index is 0.0394. The van der Waals surface area contributed by atoms with E-state index in [1.54, 1.807) is 6.08 Å². The number of benzene rings is 1. The van der Waals surface area contributed by atoms with Crippen molar-refractivity contribution < 1.29 is 14.3 Å². The fourth-order valence-corrected chi connectivity index (χ4v) is 5.68. The van der Waals surface area contributed by atoms with Crippen LogP contribution in [0.4, 0.5) is 5.69 Å². The van der Waals surface area contributed by atoms with Crippen molar-refractivity contribution in [3.63, 3.8) is 0 Å². The number of amides is 1. The molecular weight excluding hydrogens is 378 g/mol. The zero-order chi connectivity index (χ0) is 21.3. The number of rotatable bonds is 5. The van der Waals surface area contributed by atoms with Crippen LogP contribution in [0.15, 0.2) is 30.9 Å². The average Bonchev–Trinajstić information content (AvgIpc) is 3.01. The second-order valence-corrected chi connectivity index (χ2v) is 8.94. The first-order chi connectivity index (χ1) is 14.5. The second kappa shape index (κ2) is 8.42. The molecule has 1 atom stereocenters. The highest BCUT2D eigenvalue weighted by atomic mass is 16.5. The number of methoxy groups -OCH3 is 1. The number of fused-ring (bicyclic) bond motifs is 1. The molecule has 162 valence electrons. The van der Waals surface area contributed by atoms with Gasteiger partial charge < -0.3 is 14.5 Å². The predicted molar refractivity (Wildman–Crippen MR) is 117 cm³/mol. The Morgan fingerprint density at radius 3 is 2.77 bits per heavy atom. The van der Waals surface area contributed by atoms with Crippen LogP contribution in [0.1, 0.15) is 36.8 Å². The van der Waals surface area contributed by atoms with Gasteiger partial charge in [-0.25, -0.2) is 0 Å². The van der Waals surface area contributed by atoms with E-state index in [-0.39, 0.29) is 24.2 Å². The Hall–Kier alpha value is -2.34.